The van der Waals surface area contributed by atoms with Crippen LogP contribution in [0.3, 0.4) is 0 Å². The van der Waals surface area contributed by atoms with E-state index in [9.17, 15) is 17.6 Å². The van der Waals surface area contributed by atoms with E-state index in [4.69, 9.17) is 4.74 Å². The fourth-order valence-corrected chi connectivity index (χ4v) is 3.10. The third-order valence-electron chi connectivity index (χ3n) is 3.33. The van der Waals surface area contributed by atoms with Gasteiger partial charge in [-0.05, 0) is 55.0 Å². The molecule has 0 unspecified atom stereocenters. The van der Waals surface area contributed by atoms with E-state index in [1.54, 1.807) is 7.11 Å². The number of anilines is 1. The molecule has 0 saturated carbocycles. The van der Waals surface area contributed by atoms with Crippen LogP contribution >= 0.6 is 0 Å². The van der Waals surface area contributed by atoms with E-state index < -0.39 is 15.8 Å². The molecule has 0 aliphatic heterocycles. The Morgan fingerprint density at radius 1 is 1.08 bits per heavy atom. The molecule has 8 heteroatoms. The number of carbonyl (C=O) groups excluding carboxylic acids is 1. The summed E-state index contributed by atoms with van der Waals surface area (Å²) in [6.07, 6.45) is 0.691. The van der Waals surface area contributed by atoms with Gasteiger partial charge in [-0.25, -0.2) is 12.8 Å². The van der Waals surface area contributed by atoms with Crippen LogP contribution in [-0.4, -0.2) is 34.6 Å². The lowest BCUT2D eigenvalue weighted by molar-refractivity contribution is 0.0948. The normalized spacial score (nSPS) is 11.1. The number of hydrogen-bond donors (Lipinski definition) is 2. The zero-order valence-electron chi connectivity index (χ0n) is 13.7. The Hall–Kier alpha value is -2.45. The minimum Gasteiger partial charge on any atom is -0.385 e. The van der Waals surface area contributed by atoms with Crippen LogP contribution in [0.4, 0.5) is 10.1 Å². The first-order valence-corrected chi connectivity index (χ1v) is 9.06. The predicted molar refractivity (Wildman–Crippen MR) is 92.5 cm³/mol. The fraction of sp³-hybridized carbons (Fsp3) is 0.235. The molecule has 0 atom stereocenters. The topological polar surface area (TPSA) is 84.5 Å². The Morgan fingerprint density at radius 2 is 1.72 bits per heavy atom. The van der Waals surface area contributed by atoms with Crippen LogP contribution in [-0.2, 0) is 14.8 Å². The predicted octanol–water partition coefficient (Wildman–Crippen LogP) is 2.39. The summed E-state index contributed by atoms with van der Waals surface area (Å²) in [6.45, 7) is 1.02. The summed E-state index contributed by atoms with van der Waals surface area (Å²) in [4.78, 5) is 11.9. The number of halogens is 1. The molecule has 0 heterocycles. The smallest absolute Gasteiger partial charge is 0.261 e. The van der Waals surface area contributed by atoms with Gasteiger partial charge in [0.2, 0.25) is 0 Å². The Morgan fingerprint density at radius 3 is 2.32 bits per heavy atom. The average molecular weight is 366 g/mol. The molecule has 0 aromatic heterocycles. The third-order valence-corrected chi connectivity index (χ3v) is 4.73. The molecule has 2 aromatic carbocycles. The van der Waals surface area contributed by atoms with E-state index in [0.29, 0.717) is 25.1 Å². The van der Waals surface area contributed by atoms with Crippen LogP contribution in [0.2, 0.25) is 0 Å². The maximum absolute atomic E-state index is 12.9. The largest absolute Gasteiger partial charge is 0.385 e. The number of ether oxygens (including phenoxy) is 1. The SMILES string of the molecule is COCCCNC(=O)c1ccc(S(=O)(=O)Nc2ccc(F)cc2)cc1. The number of hydrogen-bond acceptors (Lipinski definition) is 4. The number of rotatable bonds is 8. The lowest BCUT2D eigenvalue weighted by Gasteiger charge is -2.09. The number of sulfonamides is 1. The van der Waals surface area contributed by atoms with Crippen molar-refractivity contribution in [2.24, 2.45) is 0 Å². The molecule has 0 aliphatic rings. The first-order chi connectivity index (χ1) is 11.9. The first-order valence-electron chi connectivity index (χ1n) is 7.58. The Balaban J connectivity index is 2.02. The van der Waals surface area contributed by atoms with Crippen LogP contribution in [0.5, 0.6) is 0 Å². The second-order valence-corrected chi connectivity index (χ2v) is 6.92. The maximum Gasteiger partial charge on any atom is 0.261 e. The summed E-state index contributed by atoms with van der Waals surface area (Å²) in [5.74, 6) is -0.740. The monoisotopic (exact) mass is 366 g/mol. The van der Waals surface area contributed by atoms with E-state index in [1.165, 1.54) is 36.4 Å². The van der Waals surface area contributed by atoms with Gasteiger partial charge in [-0.15, -0.1) is 0 Å². The lowest BCUT2D eigenvalue weighted by atomic mass is 10.2. The number of amides is 1. The highest BCUT2D eigenvalue weighted by molar-refractivity contribution is 7.92. The zero-order valence-corrected chi connectivity index (χ0v) is 14.5. The van der Waals surface area contributed by atoms with Crippen molar-refractivity contribution >= 4 is 21.6 Å². The van der Waals surface area contributed by atoms with Gasteiger partial charge >= 0.3 is 0 Å². The molecule has 1 amide bonds. The molecule has 2 N–H and O–H groups in total. The van der Waals surface area contributed by atoms with Gasteiger partial charge in [-0.2, -0.15) is 0 Å². The molecule has 0 aliphatic carbocycles. The van der Waals surface area contributed by atoms with E-state index in [1.807, 2.05) is 0 Å². The number of nitrogens with one attached hydrogen (secondary N) is 2. The molecule has 0 saturated heterocycles. The van der Waals surface area contributed by atoms with Gasteiger partial charge in [0.05, 0.1) is 4.90 Å². The minimum absolute atomic E-state index is 0.00718. The summed E-state index contributed by atoms with van der Waals surface area (Å²) in [5, 5.41) is 2.72. The van der Waals surface area contributed by atoms with Gasteiger partial charge in [-0.1, -0.05) is 0 Å². The molecular formula is C17H19FN2O4S. The summed E-state index contributed by atoms with van der Waals surface area (Å²) in [5.41, 5.74) is 0.611. The van der Waals surface area contributed by atoms with E-state index in [2.05, 4.69) is 10.0 Å². The quantitative estimate of drug-likeness (QED) is 0.703. The third kappa shape index (κ3) is 5.54. The maximum atomic E-state index is 12.9. The summed E-state index contributed by atoms with van der Waals surface area (Å²) in [7, 11) is -2.23. The van der Waals surface area contributed by atoms with Crippen molar-refractivity contribution in [3.63, 3.8) is 0 Å². The number of carbonyl (C=O) groups is 1. The van der Waals surface area contributed by atoms with Crippen LogP contribution in [0, 0.1) is 5.82 Å². The summed E-state index contributed by atoms with van der Waals surface area (Å²) < 4.78 is 44.7. The van der Waals surface area contributed by atoms with Gasteiger partial charge in [0.1, 0.15) is 5.82 Å². The highest BCUT2D eigenvalue weighted by atomic mass is 32.2. The van der Waals surface area contributed by atoms with Crippen LogP contribution in [0.15, 0.2) is 53.4 Å². The molecule has 0 spiro atoms. The molecule has 0 radical (unpaired) electrons. The Bertz CT molecular complexity index is 806. The van der Waals surface area contributed by atoms with E-state index in [-0.39, 0.29) is 16.5 Å². The summed E-state index contributed by atoms with van der Waals surface area (Å²) in [6, 6.07) is 10.5. The van der Waals surface area contributed by atoms with Gasteiger partial charge in [-0.3, -0.25) is 9.52 Å². The highest BCUT2D eigenvalue weighted by Gasteiger charge is 2.15. The van der Waals surface area contributed by atoms with Crippen molar-refractivity contribution in [2.75, 3.05) is 25.0 Å². The second-order valence-electron chi connectivity index (χ2n) is 5.24. The standard InChI is InChI=1S/C17H19FN2O4S/c1-24-12-2-11-19-17(21)13-3-9-16(10-4-13)25(22,23)20-15-7-5-14(18)6-8-15/h3-10,20H,2,11-12H2,1H3,(H,19,21). The van der Waals surface area contributed by atoms with Gasteiger partial charge in [0.15, 0.2) is 0 Å². The Kier molecular flexibility index (Phi) is 6.49. The molecule has 25 heavy (non-hydrogen) atoms. The number of methoxy groups -OCH3 is 1. The van der Waals surface area contributed by atoms with Crippen molar-refractivity contribution in [3.8, 4) is 0 Å². The average Bonchev–Trinajstić information content (AvgIpc) is 2.60. The highest BCUT2D eigenvalue weighted by Crippen LogP contribution is 2.17. The minimum atomic E-state index is -3.81. The van der Waals surface area contributed by atoms with Crippen molar-refractivity contribution < 1.29 is 22.3 Å². The molecule has 0 bridgehead atoms. The van der Waals surface area contributed by atoms with E-state index in [0.717, 1.165) is 12.1 Å². The number of benzene rings is 2. The van der Waals surface area contributed by atoms with Crippen molar-refractivity contribution in [2.45, 2.75) is 11.3 Å². The summed E-state index contributed by atoms with van der Waals surface area (Å²) >= 11 is 0. The molecular weight excluding hydrogens is 347 g/mol. The van der Waals surface area contributed by atoms with Gasteiger partial charge in [0.25, 0.3) is 15.9 Å². The molecule has 6 nitrogen and oxygen atoms in total. The second kappa shape index (κ2) is 8.59. The molecule has 134 valence electrons. The zero-order chi connectivity index (χ0) is 18.3. The van der Waals surface area contributed by atoms with Crippen LogP contribution < -0.4 is 10.0 Å². The van der Waals surface area contributed by atoms with Crippen molar-refractivity contribution in [1.82, 2.24) is 5.32 Å². The van der Waals surface area contributed by atoms with Gasteiger partial charge < -0.3 is 10.1 Å². The van der Waals surface area contributed by atoms with Crippen LogP contribution in [0.25, 0.3) is 0 Å². The fourth-order valence-electron chi connectivity index (χ4n) is 2.04. The molecule has 2 rings (SSSR count). The van der Waals surface area contributed by atoms with E-state index >= 15 is 0 Å². The lowest BCUT2D eigenvalue weighted by Crippen LogP contribution is -2.25. The molecule has 2 aromatic rings. The molecule has 0 fully saturated rings. The van der Waals surface area contributed by atoms with Crippen molar-refractivity contribution in [3.05, 3.63) is 59.9 Å². The van der Waals surface area contributed by atoms with Crippen molar-refractivity contribution in [1.29, 1.82) is 0 Å². The Labute approximate surface area is 146 Å². The first kappa shape index (κ1) is 18.9. The van der Waals surface area contributed by atoms with Gasteiger partial charge in [0, 0.05) is 31.5 Å². The van der Waals surface area contributed by atoms with Crippen LogP contribution in [0.1, 0.15) is 16.8 Å².